The van der Waals surface area contributed by atoms with E-state index in [1.165, 1.54) is 21.9 Å². The maximum atomic E-state index is 11.8. The summed E-state index contributed by atoms with van der Waals surface area (Å²) in [5, 5.41) is 8.52. The largest absolute Gasteiger partial charge is 0.490 e. The van der Waals surface area contributed by atoms with Gasteiger partial charge in [0.15, 0.2) is 0 Å². The highest BCUT2D eigenvalue weighted by atomic mass is 16.6. The average molecular weight is 498 g/mol. The van der Waals surface area contributed by atoms with Crippen LogP contribution in [-0.4, -0.2) is 43.5 Å². The summed E-state index contributed by atoms with van der Waals surface area (Å²) >= 11 is 0. The molecular weight excluding hydrogens is 466 g/mol. The third-order valence-corrected chi connectivity index (χ3v) is 6.49. The molecule has 37 heavy (non-hydrogen) atoms. The zero-order valence-corrected chi connectivity index (χ0v) is 20.6. The normalized spacial score (nSPS) is 17.3. The Hall–Kier alpha value is -3.94. The molecule has 2 atom stereocenters. The standard InChI is InChI=1S/C30H31N3O4/c34-30(33-29-7-3-4-15-32-29)36-18-17-35-26-12-10-24(11-13-26)27-14-16-31-20-28(27)37-21-22-8-9-23-5-1-2-6-25(23)19-22/h1-13,15,19,27-28,31H,14,16-18,20-21H2,(H,32,33,34). The first kappa shape index (κ1) is 24.7. The summed E-state index contributed by atoms with van der Waals surface area (Å²) in [6, 6.07) is 28.3. The van der Waals surface area contributed by atoms with Crippen LogP contribution in [0.4, 0.5) is 10.6 Å². The number of rotatable bonds is 9. The molecule has 0 spiro atoms. The second kappa shape index (κ2) is 12.3. The third kappa shape index (κ3) is 6.84. The van der Waals surface area contributed by atoms with Gasteiger partial charge in [0.05, 0.1) is 12.7 Å². The van der Waals surface area contributed by atoms with Crippen molar-refractivity contribution in [2.45, 2.75) is 25.0 Å². The molecule has 1 aliphatic heterocycles. The van der Waals surface area contributed by atoms with Crippen molar-refractivity contribution in [2.75, 3.05) is 31.6 Å². The molecule has 1 saturated heterocycles. The summed E-state index contributed by atoms with van der Waals surface area (Å²) in [6.45, 7) is 2.78. The van der Waals surface area contributed by atoms with Gasteiger partial charge in [-0.2, -0.15) is 0 Å². The van der Waals surface area contributed by atoms with Crippen LogP contribution in [0.25, 0.3) is 10.8 Å². The summed E-state index contributed by atoms with van der Waals surface area (Å²) in [4.78, 5) is 15.9. The van der Waals surface area contributed by atoms with Crippen molar-refractivity contribution in [3.63, 3.8) is 0 Å². The van der Waals surface area contributed by atoms with Crippen LogP contribution in [0.15, 0.2) is 91.1 Å². The SMILES string of the molecule is O=C(Nc1ccccn1)OCCOc1ccc(C2CCNCC2OCc2ccc3ccccc3c2)cc1. The quantitative estimate of drug-likeness (QED) is 0.296. The number of piperidine rings is 1. The molecule has 0 bridgehead atoms. The second-order valence-corrected chi connectivity index (χ2v) is 9.02. The molecule has 0 saturated carbocycles. The van der Waals surface area contributed by atoms with E-state index < -0.39 is 6.09 Å². The molecular formula is C30H31N3O4. The van der Waals surface area contributed by atoms with Crippen molar-refractivity contribution in [3.05, 3.63) is 102 Å². The van der Waals surface area contributed by atoms with Gasteiger partial charge in [0.1, 0.15) is 24.8 Å². The molecule has 0 radical (unpaired) electrons. The highest BCUT2D eigenvalue weighted by molar-refractivity contribution is 5.83. The Morgan fingerprint density at radius 3 is 2.62 bits per heavy atom. The van der Waals surface area contributed by atoms with Gasteiger partial charge in [0.2, 0.25) is 0 Å². The molecule has 1 amide bonds. The van der Waals surface area contributed by atoms with E-state index in [2.05, 4.69) is 70.2 Å². The van der Waals surface area contributed by atoms with E-state index in [1.54, 1.807) is 24.4 Å². The Kier molecular flexibility index (Phi) is 8.25. The number of benzene rings is 3. The van der Waals surface area contributed by atoms with Gasteiger partial charge in [0.25, 0.3) is 0 Å². The van der Waals surface area contributed by atoms with Crippen molar-refractivity contribution in [1.29, 1.82) is 0 Å². The number of carbonyl (C=O) groups excluding carboxylic acids is 1. The van der Waals surface area contributed by atoms with Crippen molar-refractivity contribution in [2.24, 2.45) is 0 Å². The minimum absolute atomic E-state index is 0.0954. The number of pyridine rings is 1. The van der Waals surface area contributed by atoms with Gasteiger partial charge in [-0.15, -0.1) is 0 Å². The number of hydrogen-bond acceptors (Lipinski definition) is 6. The molecule has 4 aromatic rings. The lowest BCUT2D eigenvalue weighted by molar-refractivity contribution is 0.0106. The minimum atomic E-state index is -0.557. The van der Waals surface area contributed by atoms with Crippen LogP contribution in [0.3, 0.4) is 0 Å². The molecule has 2 heterocycles. The van der Waals surface area contributed by atoms with Crippen LogP contribution in [-0.2, 0) is 16.1 Å². The summed E-state index contributed by atoms with van der Waals surface area (Å²) in [5.74, 6) is 1.50. The lowest BCUT2D eigenvalue weighted by Gasteiger charge is -2.32. The number of anilines is 1. The summed E-state index contributed by atoms with van der Waals surface area (Å²) < 4.78 is 17.3. The van der Waals surface area contributed by atoms with Gasteiger partial charge in [0, 0.05) is 18.7 Å². The fourth-order valence-electron chi connectivity index (χ4n) is 4.60. The minimum Gasteiger partial charge on any atom is -0.490 e. The van der Waals surface area contributed by atoms with Gasteiger partial charge < -0.3 is 19.5 Å². The zero-order valence-electron chi connectivity index (χ0n) is 20.6. The van der Waals surface area contributed by atoms with E-state index >= 15 is 0 Å². The van der Waals surface area contributed by atoms with E-state index in [4.69, 9.17) is 14.2 Å². The number of carbonyl (C=O) groups is 1. The van der Waals surface area contributed by atoms with Crippen LogP contribution in [0.5, 0.6) is 5.75 Å². The van der Waals surface area contributed by atoms with Gasteiger partial charge in [-0.3, -0.25) is 5.32 Å². The van der Waals surface area contributed by atoms with Crippen molar-refractivity contribution in [3.8, 4) is 5.75 Å². The van der Waals surface area contributed by atoms with Crippen LogP contribution in [0, 0.1) is 0 Å². The Morgan fingerprint density at radius 2 is 1.78 bits per heavy atom. The van der Waals surface area contributed by atoms with E-state index in [0.29, 0.717) is 18.3 Å². The smallest absolute Gasteiger partial charge is 0.412 e. The van der Waals surface area contributed by atoms with Gasteiger partial charge in [-0.25, -0.2) is 9.78 Å². The number of fused-ring (bicyclic) bond motifs is 1. The third-order valence-electron chi connectivity index (χ3n) is 6.49. The maximum Gasteiger partial charge on any atom is 0.412 e. The van der Waals surface area contributed by atoms with E-state index in [9.17, 15) is 4.79 Å². The molecule has 7 nitrogen and oxygen atoms in total. The lowest BCUT2D eigenvalue weighted by atomic mass is 9.87. The van der Waals surface area contributed by atoms with Crippen LogP contribution < -0.4 is 15.4 Å². The maximum absolute atomic E-state index is 11.8. The number of nitrogens with zero attached hydrogens (tertiary/aromatic N) is 1. The molecule has 1 fully saturated rings. The molecule has 2 unspecified atom stereocenters. The number of nitrogens with one attached hydrogen (secondary N) is 2. The Labute approximate surface area is 216 Å². The number of aromatic nitrogens is 1. The Bertz CT molecular complexity index is 1300. The number of amides is 1. The average Bonchev–Trinajstić information content (AvgIpc) is 2.95. The Morgan fingerprint density at radius 1 is 0.946 bits per heavy atom. The van der Waals surface area contributed by atoms with Crippen LogP contribution >= 0.6 is 0 Å². The molecule has 1 aliphatic rings. The van der Waals surface area contributed by atoms with Crippen LogP contribution in [0.2, 0.25) is 0 Å². The molecule has 190 valence electrons. The molecule has 1 aromatic heterocycles. The number of hydrogen-bond donors (Lipinski definition) is 2. The predicted octanol–water partition coefficient (Wildman–Crippen LogP) is 5.52. The summed E-state index contributed by atoms with van der Waals surface area (Å²) in [7, 11) is 0. The predicted molar refractivity (Wildman–Crippen MR) is 144 cm³/mol. The van der Waals surface area contributed by atoms with Gasteiger partial charge in [-0.1, -0.05) is 54.6 Å². The fraction of sp³-hybridized carbons (Fsp3) is 0.267. The Balaban J connectivity index is 1.10. The topological polar surface area (TPSA) is 81.7 Å². The lowest BCUT2D eigenvalue weighted by Crippen LogP contribution is -2.40. The highest BCUT2D eigenvalue weighted by Crippen LogP contribution is 2.30. The van der Waals surface area contributed by atoms with Crippen molar-refractivity contribution in [1.82, 2.24) is 10.3 Å². The monoisotopic (exact) mass is 497 g/mol. The zero-order chi connectivity index (χ0) is 25.3. The van der Waals surface area contributed by atoms with E-state index in [-0.39, 0.29) is 19.3 Å². The van der Waals surface area contributed by atoms with Crippen molar-refractivity contribution < 1.29 is 19.0 Å². The second-order valence-electron chi connectivity index (χ2n) is 9.02. The first-order chi connectivity index (χ1) is 18.2. The first-order valence-corrected chi connectivity index (χ1v) is 12.6. The fourth-order valence-corrected chi connectivity index (χ4v) is 4.60. The summed E-state index contributed by atoms with van der Waals surface area (Å²) in [6.07, 6.45) is 2.16. The van der Waals surface area contributed by atoms with Crippen LogP contribution in [0.1, 0.15) is 23.5 Å². The molecule has 2 N–H and O–H groups in total. The van der Waals surface area contributed by atoms with E-state index in [1.807, 2.05) is 12.1 Å². The van der Waals surface area contributed by atoms with E-state index in [0.717, 1.165) is 25.3 Å². The summed E-state index contributed by atoms with van der Waals surface area (Å²) in [5.41, 5.74) is 2.42. The van der Waals surface area contributed by atoms with Gasteiger partial charge >= 0.3 is 6.09 Å². The molecule has 0 aliphatic carbocycles. The van der Waals surface area contributed by atoms with Gasteiger partial charge in [-0.05, 0) is 65.2 Å². The first-order valence-electron chi connectivity index (χ1n) is 12.6. The molecule has 7 heteroatoms. The number of ether oxygens (including phenoxy) is 3. The molecule has 3 aromatic carbocycles. The highest BCUT2D eigenvalue weighted by Gasteiger charge is 2.27. The molecule has 5 rings (SSSR count). The van der Waals surface area contributed by atoms with Crippen molar-refractivity contribution >= 4 is 22.7 Å².